The molecule has 6 nitrogen and oxygen atoms in total. The van der Waals surface area contributed by atoms with Gasteiger partial charge in [-0.3, -0.25) is 0 Å². The quantitative estimate of drug-likeness (QED) is 0.624. The first-order valence-corrected chi connectivity index (χ1v) is 6.45. The topological polar surface area (TPSA) is 90.3 Å². The number of aromatic amines is 1. The van der Waals surface area contributed by atoms with Crippen LogP contribution in [0.4, 0.5) is 10.1 Å². The van der Waals surface area contributed by atoms with Crippen molar-refractivity contribution < 1.29 is 4.39 Å². The molecular formula is C10H5Br2FN6. The van der Waals surface area contributed by atoms with Gasteiger partial charge in [0.05, 0.1) is 5.69 Å². The molecule has 0 fully saturated rings. The fourth-order valence-corrected chi connectivity index (χ4v) is 1.86. The minimum Gasteiger partial charge on any atom is -0.358 e. The Morgan fingerprint density at radius 1 is 1.42 bits per heavy atom. The average molecular weight is 388 g/mol. The number of nitrogens with one attached hydrogen (secondary N) is 2. The molecule has 2 N–H and O–H groups in total. The van der Waals surface area contributed by atoms with Gasteiger partial charge in [0.15, 0.2) is 0 Å². The number of aromatic nitrogens is 4. The second kappa shape index (κ2) is 5.90. The Balaban J connectivity index is 2.27. The summed E-state index contributed by atoms with van der Waals surface area (Å²) in [5, 5.41) is 24.6. The van der Waals surface area contributed by atoms with Gasteiger partial charge in [-0.15, -0.1) is 10.2 Å². The van der Waals surface area contributed by atoms with Crippen molar-refractivity contribution in [1.29, 1.82) is 5.26 Å². The van der Waals surface area contributed by atoms with Gasteiger partial charge < -0.3 is 5.32 Å². The Bertz CT molecular complexity index is 661. The summed E-state index contributed by atoms with van der Waals surface area (Å²) in [5.74, 6) is -0.330. The summed E-state index contributed by atoms with van der Waals surface area (Å²) in [7, 11) is 0. The van der Waals surface area contributed by atoms with E-state index in [1.165, 1.54) is 12.3 Å². The van der Waals surface area contributed by atoms with E-state index in [4.69, 9.17) is 5.26 Å². The molecule has 0 saturated heterocycles. The van der Waals surface area contributed by atoms with Gasteiger partial charge >= 0.3 is 0 Å². The van der Waals surface area contributed by atoms with E-state index in [1.807, 2.05) is 6.07 Å². The smallest absolute Gasteiger partial charge is 0.216 e. The number of halogens is 3. The van der Waals surface area contributed by atoms with Crippen LogP contribution in [0.5, 0.6) is 0 Å². The third-order valence-electron chi connectivity index (χ3n) is 2.09. The summed E-state index contributed by atoms with van der Waals surface area (Å²) in [6, 6.07) is 4.74. The fraction of sp³-hybridized carbons (Fsp3) is 0. The summed E-state index contributed by atoms with van der Waals surface area (Å²) in [6.07, 6.45) is 1.31. The zero-order valence-corrected chi connectivity index (χ0v) is 12.3. The van der Waals surface area contributed by atoms with Crippen LogP contribution in [0.2, 0.25) is 0 Å². The van der Waals surface area contributed by atoms with Crippen LogP contribution >= 0.6 is 31.9 Å². The molecule has 2 aromatic rings. The molecule has 0 bridgehead atoms. The molecule has 0 unspecified atom stereocenters. The molecule has 0 radical (unpaired) electrons. The average Bonchev–Trinajstić information content (AvgIpc) is 2.90. The van der Waals surface area contributed by atoms with E-state index in [0.29, 0.717) is 8.95 Å². The van der Waals surface area contributed by atoms with Crippen LogP contribution < -0.4 is 5.32 Å². The van der Waals surface area contributed by atoms with Gasteiger partial charge in [0.2, 0.25) is 5.82 Å². The number of nitriles is 1. The second-order valence-corrected chi connectivity index (χ2v) is 5.00. The van der Waals surface area contributed by atoms with Crippen LogP contribution in [0.15, 0.2) is 27.3 Å². The molecule has 0 amide bonds. The summed E-state index contributed by atoms with van der Waals surface area (Å²) >= 11 is 6.45. The van der Waals surface area contributed by atoms with Crippen LogP contribution in [0, 0.1) is 17.1 Å². The second-order valence-electron chi connectivity index (χ2n) is 3.30. The van der Waals surface area contributed by atoms with Crippen LogP contribution in [0.3, 0.4) is 0 Å². The number of rotatable bonds is 3. The van der Waals surface area contributed by atoms with Crippen molar-refractivity contribution in [1.82, 2.24) is 20.6 Å². The maximum Gasteiger partial charge on any atom is 0.216 e. The highest BCUT2D eigenvalue weighted by molar-refractivity contribution is 9.13. The number of benzene rings is 1. The molecular weight excluding hydrogens is 383 g/mol. The normalized spacial score (nSPS) is 11.2. The van der Waals surface area contributed by atoms with E-state index in [-0.39, 0.29) is 17.1 Å². The van der Waals surface area contributed by atoms with Crippen molar-refractivity contribution in [2.75, 3.05) is 5.32 Å². The zero-order valence-electron chi connectivity index (χ0n) is 9.15. The lowest BCUT2D eigenvalue weighted by Crippen LogP contribution is -1.95. The molecule has 9 heteroatoms. The van der Waals surface area contributed by atoms with Crippen molar-refractivity contribution in [2.24, 2.45) is 0 Å². The highest BCUT2D eigenvalue weighted by atomic mass is 79.9. The number of anilines is 1. The maximum absolute atomic E-state index is 13.7. The molecule has 1 heterocycles. The first kappa shape index (κ1) is 13.6. The van der Waals surface area contributed by atoms with Gasteiger partial charge in [-0.1, -0.05) is 0 Å². The van der Waals surface area contributed by atoms with Crippen molar-refractivity contribution in [3.63, 3.8) is 0 Å². The van der Waals surface area contributed by atoms with Crippen molar-refractivity contribution in [3.8, 4) is 6.07 Å². The molecule has 0 aliphatic rings. The predicted molar refractivity (Wildman–Crippen MR) is 73.2 cm³/mol. The van der Waals surface area contributed by atoms with Crippen LogP contribution in [0.1, 0.15) is 5.82 Å². The Hall–Kier alpha value is -1.79. The Kier molecular flexibility index (Phi) is 4.24. The van der Waals surface area contributed by atoms with E-state index >= 15 is 0 Å². The van der Waals surface area contributed by atoms with Crippen molar-refractivity contribution in [2.45, 2.75) is 0 Å². The third kappa shape index (κ3) is 3.15. The number of nitrogens with zero attached hydrogens (tertiary/aromatic N) is 4. The Morgan fingerprint density at radius 2 is 2.16 bits per heavy atom. The third-order valence-corrected chi connectivity index (χ3v) is 3.93. The molecule has 19 heavy (non-hydrogen) atoms. The largest absolute Gasteiger partial charge is 0.358 e. The van der Waals surface area contributed by atoms with Crippen LogP contribution in [-0.4, -0.2) is 20.6 Å². The predicted octanol–water partition coefficient (Wildman–Crippen LogP) is 2.84. The SMILES string of the molecule is N#CC(=CNc1cc(Br)c(Br)cc1F)c1nn[nH]n1. The first-order valence-electron chi connectivity index (χ1n) is 4.87. The van der Waals surface area contributed by atoms with E-state index in [2.05, 4.69) is 57.8 Å². The van der Waals surface area contributed by atoms with Crippen molar-refractivity contribution in [3.05, 3.63) is 38.9 Å². The van der Waals surface area contributed by atoms with Gasteiger partial charge in [-0.25, -0.2) is 4.39 Å². The van der Waals surface area contributed by atoms with Crippen LogP contribution in [0.25, 0.3) is 5.57 Å². The minimum atomic E-state index is -0.461. The molecule has 0 atom stereocenters. The fourth-order valence-electron chi connectivity index (χ4n) is 1.21. The summed E-state index contributed by atoms with van der Waals surface area (Å²) < 4.78 is 14.9. The summed E-state index contributed by atoms with van der Waals surface area (Å²) in [6.45, 7) is 0. The standard InChI is InChI=1S/C10H5Br2FN6/c11-6-1-8(13)9(2-7(6)12)15-4-5(3-14)10-16-18-19-17-10/h1-2,4,15H,(H,16,17,18,19). The Morgan fingerprint density at radius 3 is 2.79 bits per heavy atom. The van der Waals surface area contributed by atoms with E-state index in [0.717, 1.165) is 0 Å². The molecule has 1 aromatic carbocycles. The Labute approximate surface area is 124 Å². The highest BCUT2D eigenvalue weighted by Crippen LogP contribution is 2.29. The molecule has 2 rings (SSSR count). The number of H-pyrrole nitrogens is 1. The summed E-state index contributed by atoms with van der Waals surface area (Å²) in [5.41, 5.74) is 0.346. The lowest BCUT2D eigenvalue weighted by atomic mass is 10.3. The molecule has 0 aliphatic carbocycles. The molecule has 0 aliphatic heterocycles. The van der Waals surface area contributed by atoms with E-state index in [9.17, 15) is 4.39 Å². The van der Waals surface area contributed by atoms with Crippen LogP contribution in [-0.2, 0) is 0 Å². The first-order chi connectivity index (χ1) is 9.11. The minimum absolute atomic E-state index is 0.131. The molecule has 96 valence electrons. The zero-order chi connectivity index (χ0) is 13.8. The lowest BCUT2D eigenvalue weighted by Gasteiger charge is -2.05. The van der Waals surface area contributed by atoms with Crippen molar-refractivity contribution >= 4 is 43.1 Å². The maximum atomic E-state index is 13.7. The lowest BCUT2D eigenvalue weighted by molar-refractivity contribution is 0.630. The van der Waals surface area contributed by atoms with Gasteiger partial charge in [0.1, 0.15) is 17.5 Å². The number of allylic oxidation sites excluding steroid dienone is 1. The van der Waals surface area contributed by atoms with E-state index < -0.39 is 5.82 Å². The summed E-state index contributed by atoms with van der Waals surface area (Å²) in [4.78, 5) is 0. The molecule has 1 aromatic heterocycles. The van der Waals surface area contributed by atoms with E-state index in [1.54, 1.807) is 6.07 Å². The van der Waals surface area contributed by atoms with Gasteiger partial charge in [-0.05, 0) is 49.2 Å². The van der Waals surface area contributed by atoms with Gasteiger partial charge in [0, 0.05) is 15.1 Å². The van der Waals surface area contributed by atoms with Gasteiger partial charge in [-0.2, -0.15) is 10.5 Å². The number of hydrogen-bond donors (Lipinski definition) is 2. The number of tetrazole rings is 1. The molecule has 0 spiro atoms. The highest BCUT2D eigenvalue weighted by Gasteiger charge is 2.08. The molecule has 0 saturated carbocycles. The number of hydrogen-bond acceptors (Lipinski definition) is 5. The monoisotopic (exact) mass is 386 g/mol. The van der Waals surface area contributed by atoms with Gasteiger partial charge in [0.25, 0.3) is 0 Å².